The van der Waals surface area contributed by atoms with E-state index in [9.17, 15) is 9.59 Å². The Kier molecular flexibility index (Phi) is 6.18. The van der Waals surface area contributed by atoms with E-state index in [1.54, 1.807) is 31.2 Å². The van der Waals surface area contributed by atoms with E-state index in [1.165, 1.54) is 0 Å². The predicted octanol–water partition coefficient (Wildman–Crippen LogP) is 1.67. The smallest absolute Gasteiger partial charge is 0.246 e. The third-order valence-corrected chi connectivity index (χ3v) is 2.77. The predicted molar refractivity (Wildman–Crippen MR) is 78.1 cm³/mol. The maximum Gasteiger partial charge on any atom is 0.246 e. The van der Waals surface area contributed by atoms with Gasteiger partial charge in [0.15, 0.2) is 0 Å². The summed E-state index contributed by atoms with van der Waals surface area (Å²) in [5.41, 5.74) is 1.42. The van der Waals surface area contributed by atoms with Gasteiger partial charge in [0.05, 0.1) is 6.61 Å². The highest BCUT2D eigenvalue weighted by Crippen LogP contribution is 2.10. The quantitative estimate of drug-likeness (QED) is 0.740. The SMILES string of the molecule is CC(C)CC(=O)NC(C)C(=O)Nc1ccc(CO)cc1. The van der Waals surface area contributed by atoms with E-state index < -0.39 is 6.04 Å². The fourth-order valence-corrected chi connectivity index (χ4v) is 1.68. The number of nitrogens with one attached hydrogen (secondary N) is 2. The number of anilines is 1. The number of aliphatic hydroxyl groups excluding tert-OH is 1. The van der Waals surface area contributed by atoms with E-state index in [0.717, 1.165) is 5.56 Å². The first kappa shape index (κ1) is 16.2. The van der Waals surface area contributed by atoms with Gasteiger partial charge in [0.25, 0.3) is 0 Å². The molecule has 5 heteroatoms. The molecule has 0 saturated carbocycles. The summed E-state index contributed by atoms with van der Waals surface area (Å²) in [6.45, 7) is 5.52. The van der Waals surface area contributed by atoms with Crippen molar-refractivity contribution in [2.24, 2.45) is 5.92 Å². The van der Waals surface area contributed by atoms with E-state index in [1.807, 2.05) is 13.8 Å². The Morgan fingerprint density at radius 1 is 1.15 bits per heavy atom. The molecule has 0 fully saturated rings. The molecular weight excluding hydrogens is 256 g/mol. The molecule has 1 aromatic rings. The summed E-state index contributed by atoms with van der Waals surface area (Å²) >= 11 is 0. The molecule has 0 aliphatic heterocycles. The minimum absolute atomic E-state index is 0.0319. The summed E-state index contributed by atoms with van der Waals surface area (Å²) in [6.07, 6.45) is 0.406. The summed E-state index contributed by atoms with van der Waals surface area (Å²) in [5, 5.41) is 14.3. The zero-order valence-electron chi connectivity index (χ0n) is 12.1. The van der Waals surface area contributed by atoms with Crippen LogP contribution in [0.1, 0.15) is 32.8 Å². The zero-order chi connectivity index (χ0) is 15.1. The lowest BCUT2D eigenvalue weighted by Crippen LogP contribution is -2.41. The number of benzene rings is 1. The third kappa shape index (κ3) is 5.40. The molecule has 2 amide bonds. The Bertz CT molecular complexity index is 455. The molecule has 1 atom stereocenters. The fraction of sp³-hybridized carbons (Fsp3) is 0.467. The molecule has 1 aromatic carbocycles. The van der Waals surface area contributed by atoms with Crippen LogP contribution in [0.15, 0.2) is 24.3 Å². The molecule has 5 nitrogen and oxygen atoms in total. The minimum atomic E-state index is -0.584. The fourth-order valence-electron chi connectivity index (χ4n) is 1.68. The van der Waals surface area contributed by atoms with Crippen molar-refractivity contribution in [3.05, 3.63) is 29.8 Å². The topological polar surface area (TPSA) is 78.4 Å². The van der Waals surface area contributed by atoms with Crippen LogP contribution in [0.2, 0.25) is 0 Å². The van der Waals surface area contributed by atoms with E-state index in [4.69, 9.17) is 5.11 Å². The van der Waals surface area contributed by atoms with Crippen molar-refractivity contribution in [1.82, 2.24) is 5.32 Å². The summed E-state index contributed by atoms with van der Waals surface area (Å²) in [4.78, 5) is 23.5. The molecule has 0 aliphatic carbocycles. The van der Waals surface area contributed by atoms with Crippen molar-refractivity contribution in [3.8, 4) is 0 Å². The highest BCUT2D eigenvalue weighted by molar-refractivity contribution is 5.96. The largest absolute Gasteiger partial charge is 0.392 e. The lowest BCUT2D eigenvalue weighted by atomic mass is 10.1. The summed E-state index contributed by atoms with van der Waals surface area (Å²) < 4.78 is 0. The minimum Gasteiger partial charge on any atom is -0.392 e. The van der Waals surface area contributed by atoms with Gasteiger partial charge in [-0.15, -0.1) is 0 Å². The van der Waals surface area contributed by atoms with Gasteiger partial charge in [-0.1, -0.05) is 26.0 Å². The second-order valence-corrected chi connectivity index (χ2v) is 5.23. The van der Waals surface area contributed by atoms with Gasteiger partial charge in [0.1, 0.15) is 6.04 Å². The third-order valence-electron chi connectivity index (χ3n) is 2.77. The molecule has 110 valence electrons. The monoisotopic (exact) mass is 278 g/mol. The van der Waals surface area contributed by atoms with E-state index >= 15 is 0 Å². The Labute approximate surface area is 119 Å². The molecular formula is C15H22N2O3. The maximum atomic E-state index is 11.9. The van der Waals surface area contributed by atoms with Crippen LogP contribution in [0.4, 0.5) is 5.69 Å². The molecule has 1 rings (SSSR count). The summed E-state index contributed by atoms with van der Waals surface area (Å²) in [5.74, 6) is -0.131. The van der Waals surface area contributed by atoms with Crippen LogP contribution in [0.25, 0.3) is 0 Å². The average molecular weight is 278 g/mol. The van der Waals surface area contributed by atoms with Gasteiger partial charge in [0.2, 0.25) is 11.8 Å². The number of rotatable bonds is 6. The second-order valence-electron chi connectivity index (χ2n) is 5.23. The molecule has 0 bridgehead atoms. The number of carbonyl (C=O) groups excluding carboxylic acids is 2. The molecule has 0 aliphatic rings. The van der Waals surface area contributed by atoms with Crippen molar-refractivity contribution in [2.45, 2.75) is 39.8 Å². The lowest BCUT2D eigenvalue weighted by molar-refractivity contribution is -0.126. The Hall–Kier alpha value is -1.88. The molecule has 1 unspecified atom stereocenters. The summed E-state index contributed by atoms with van der Waals surface area (Å²) in [7, 11) is 0. The normalized spacial score (nSPS) is 12.1. The van der Waals surface area contributed by atoms with Gasteiger partial charge >= 0.3 is 0 Å². The van der Waals surface area contributed by atoms with Crippen LogP contribution < -0.4 is 10.6 Å². The molecule has 20 heavy (non-hydrogen) atoms. The van der Waals surface area contributed by atoms with Crippen molar-refractivity contribution < 1.29 is 14.7 Å². The zero-order valence-corrected chi connectivity index (χ0v) is 12.1. The molecule has 0 aromatic heterocycles. The summed E-state index contributed by atoms with van der Waals surface area (Å²) in [6, 6.07) is 6.31. The molecule has 0 saturated heterocycles. The van der Waals surface area contributed by atoms with Gasteiger partial charge in [-0.2, -0.15) is 0 Å². The van der Waals surface area contributed by atoms with Gasteiger partial charge in [-0.25, -0.2) is 0 Å². The van der Waals surface area contributed by atoms with Gasteiger partial charge < -0.3 is 15.7 Å². The van der Waals surface area contributed by atoms with E-state index in [2.05, 4.69) is 10.6 Å². The standard InChI is InChI=1S/C15H22N2O3/c1-10(2)8-14(19)16-11(3)15(20)17-13-6-4-12(9-18)5-7-13/h4-7,10-11,18H,8-9H2,1-3H3,(H,16,19)(H,17,20). The number of carbonyl (C=O) groups is 2. The van der Waals surface area contributed by atoms with Crippen molar-refractivity contribution in [1.29, 1.82) is 0 Å². The van der Waals surface area contributed by atoms with E-state index in [-0.39, 0.29) is 24.3 Å². The Morgan fingerprint density at radius 3 is 2.25 bits per heavy atom. The van der Waals surface area contributed by atoms with Gasteiger partial charge in [-0.05, 0) is 30.5 Å². The molecule has 0 radical (unpaired) electrons. The number of hydrogen-bond acceptors (Lipinski definition) is 3. The average Bonchev–Trinajstić information content (AvgIpc) is 2.38. The van der Waals surface area contributed by atoms with Crippen molar-refractivity contribution in [2.75, 3.05) is 5.32 Å². The number of aliphatic hydroxyl groups is 1. The van der Waals surface area contributed by atoms with Crippen LogP contribution in [-0.2, 0) is 16.2 Å². The maximum absolute atomic E-state index is 11.9. The molecule has 3 N–H and O–H groups in total. The van der Waals surface area contributed by atoms with Crippen LogP contribution in [0.3, 0.4) is 0 Å². The lowest BCUT2D eigenvalue weighted by Gasteiger charge is -2.15. The molecule has 0 heterocycles. The second kappa shape index (κ2) is 7.65. The Balaban J connectivity index is 2.50. The first-order valence-corrected chi connectivity index (χ1v) is 6.72. The van der Waals surface area contributed by atoms with Crippen LogP contribution in [-0.4, -0.2) is 23.0 Å². The highest BCUT2D eigenvalue weighted by Gasteiger charge is 2.16. The highest BCUT2D eigenvalue weighted by atomic mass is 16.3. The van der Waals surface area contributed by atoms with Gasteiger partial charge in [-0.3, -0.25) is 9.59 Å². The Morgan fingerprint density at radius 2 is 1.75 bits per heavy atom. The van der Waals surface area contributed by atoms with Crippen molar-refractivity contribution in [3.63, 3.8) is 0 Å². The first-order chi connectivity index (χ1) is 9.42. The van der Waals surface area contributed by atoms with Crippen molar-refractivity contribution >= 4 is 17.5 Å². The van der Waals surface area contributed by atoms with E-state index in [0.29, 0.717) is 12.1 Å². The van der Waals surface area contributed by atoms with Crippen LogP contribution >= 0.6 is 0 Å². The molecule has 0 spiro atoms. The number of hydrogen-bond donors (Lipinski definition) is 3. The van der Waals surface area contributed by atoms with Crippen LogP contribution in [0, 0.1) is 5.92 Å². The van der Waals surface area contributed by atoms with Crippen LogP contribution in [0.5, 0.6) is 0 Å². The first-order valence-electron chi connectivity index (χ1n) is 6.72. The van der Waals surface area contributed by atoms with Gasteiger partial charge in [0, 0.05) is 12.1 Å². The number of amides is 2.